The van der Waals surface area contributed by atoms with Crippen LogP contribution in [-0.2, 0) is 6.54 Å². The molecule has 5 heteroatoms. The molecule has 0 fully saturated rings. The molecule has 0 unspecified atom stereocenters. The molecule has 2 rings (SSSR count). The summed E-state index contributed by atoms with van der Waals surface area (Å²) in [7, 11) is 3.28. The SMILES string of the molecule is CCOc1ccc(/C=N\NCc2ccccc2OC)cc1OC. The van der Waals surface area contributed by atoms with Gasteiger partial charge in [0.05, 0.1) is 33.6 Å². The molecule has 0 radical (unpaired) electrons. The number of hydrazone groups is 1. The third kappa shape index (κ3) is 4.64. The van der Waals surface area contributed by atoms with Gasteiger partial charge in [0.15, 0.2) is 11.5 Å². The highest BCUT2D eigenvalue weighted by molar-refractivity contribution is 5.80. The van der Waals surface area contributed by atoms with E-state index in [0.29, 0.717) is 18.9 Å². The van der Waals surface area contributed by atoms with Gasteiger partial charge in [0.25, 0.3) is 0 Å². The maximum atomic E-state index is 5.49. The molecule has 1 N–H and O–H groups in total. The zero-order valence-electron chi connectivity index (χ0n) is 13.7. The number of hydrogen-bond acceptors (Lipinski definition) is 5. The van der Waals surface area contributed by atoms with Crippen LogP contribution in [0.5, 0.6) is 17.2 Å². The Balaban J connectivity index is 1.98. The molecule has 5 nitrogen and oxygen atoms in total. The van der Waals surface area contributed by atoms with Gasteiger partial charge in [0.2, 0.25) is 0 Å². The molecule has 0 heterocycles. The first-order chi connectivity index (χ1) is 11.3. The summed E-state index contributed by atoms with van der Waals surface area (Å²) in [6, 6.07) is 13.5. The number of rotatable bonds is 8. The zero-order chi connectivity index (χ0) is 16.5. The van der Waals surface area contributed by atoms with Gasteiger partial charge in [-0.25, -0.2) is 0 Å². The molecule has 0 atom stereocenters. The molecule has 2 aromatic carbocycles. The number of ether oxygens (including phenoxy) is 3. The van der Waals surface area contributed by atoms with E-state index in [9.17, 15) is 0 Å². The minimum atomic E-state index is 0.592. The molecule has 0 aliphatic heterocycles. The van der Waals surface area contributed by atoms with E-state index in [1.807, 2.05) is 49.4 Å². The molecule has 122 valence electrons. The number of para-hydroxylation sites is 1. The number of nitrogens with zero attached hydrogens (tertiary/aromatic N) is 1. The Bertz CT molecular complexity index is 656. The summed E-state index contributed by atoms with van der Waals surface area (Å²) in [5.74, 6) is 2.27. The van der Waals surface area contributed by atoms with Gasteiger partial charge in [-0.2, -0.15) is 5.10 Å². The summed E-state index contributed by atoms with van der Waals surface area (Å²) in [5, 5.41) is 4.24. The first-order valence-electron chi connectivity index (χ1n) is 7.47. The Kier molecular flexibility index (Phi) is 6.29. The van der Waals surface area contributed by atoms with Gasteiger partial charge >= 0.3 is 0 Å². The van der Waals surface area contributed by atoms with Crippen molar-refractivity contribution in [2.45, 2.75) is 13.5 Å². The molecule has 0 bridgehead atoms. The lowest BCUT2D eigenvalue weighted by atomic mass is 10.2. The van der Waals surface area contributed by atoms with E-state index in [-0.39, 0.29) is 0 Å². The van der Waals surface area contributed by atoms with Gasteiger partial charge in [0, 0.05) is 5.56 Å². The Morgan fingerprint density at radius 3 is 2.52 bits per heavy atom. The summed E-state index contributed by atoms with van der Waals surface area (Å²) in [6.07, 6.45) is 1.74. The molecule has 0 saturated carbocycles. The fourth-order valence-corrected chi connectivity index (χ4v) is 2.14. The van der Waals surface area contributed by atoms with Crippen molar-refractivity contribution >= 4 is 6.21 Å². The first kappa shape index (κ1) is 16.7. The summed E-state index contributed by atoms with van der Waals surface area (Å²) in [5.41, 5.74) is 5.00. The van der Waals surface area contributed by atoms with E-state index in [2.05, 4.69) is 10.5 Å². The Morgan fingerprint density at radius 2 is 1.78 bits per heavy atom. The lowest BCUT2D eigenvalue weighted by Crippen LogP contribution is -2.07. The number of methoxy groups -OCH3 is 2. The van der Waals surface area contributed by atoms with Crippen LogP contribution in [0.3, 0.4) is 0 Å². The van der Waals surface area contributed by atoms with Crippen LogP contribution < -0.4 is 19.6 Å². The van der Waals surface area contributed by atoms with Crippen molar-refractivity contribution in [3.8, 4) is 17.2 Å². The van der Waals surface area contributed by atoms with Gasteiger partial charge < -0.3 is 19.6 Å². The number of nitrogens with one attached hydrogen (secondary N) is 1. The van der Waals surface area contributed by atoms with Crippen LogP contribution in [0.1, 0.15) is 18.1 Å². The van der Waals surface area contributed by atoms with Crippen molar-refractivity contribution in [2.24, 2.45) is 5.10 Å². The van der Waals surface area contributed by atoms with Crippen LogP contribution in [0.2, 0.25) is 0 Å². The van der Waals surface area contributed by atoms with E-state index in [1.54, 1.807) is 20.4 Å². The fourth-order valence-electron chi connectivity index (χ4n) is 2.14. The smallest absolute Gasteiger partial charge is 0.161 e. The third-order valence-electron chi connectivity index (χ3n) is 3.25. The van der Waals surface area contributed by atoms with Crippen LogP contribution in [0.25, 0.3) is 0 Å². The molecule has 0 aliphatic carbocycles. The third-order valence-corrected chi connectivity index (χ3v) is 3.25. The van der Waals surface area contributed by atoms with Crippen molar-refractivity contribution in [2.75, 3.05) is 20.8 Å². The molecular weight excluding hydrogens is 292 g/mol. The van der Waals surface area contributed by atoms with Crippen LogP contribution in [0.4, 0.5) is 0 Å². The average Bonchev–Trinajstić information content (AvgIpc) is 2.60. The first-order valence-corrected chi connectivity index (χ1v) is 7.47. The summed E-state index contributed by atoms with van der Waals surface area (Å²) < 4.78 is 16.1. The molecule has 0 saturated heterocycles. The van der Waals surface area contributed by atoms with Crippen molar-refractivity contribution < 1.29 is 14.2 Å². The van der Waals surface area contributed by atoms with Gasteiger partial charge in [-0.05, 0) is 36.8 Å². The van der Waals surface area contributed by atoms with Crippen LogP contribution in [0, 0.1) is 0 Å². The molecule has 0 spiro atoms. The summed E-state index contributed by atoms with van der Waals surface area (Å²) >= 11 is 0. The van der Waals surface area contributed by atoms with Crippen molar-refractivity contribution in [3.63, 3.8) is 0 Å². The Morgan fingerprint density at radius 1 is 1.00 bits per heavy atom. The maximum absolute atomic E-state index is 5.49. The topological polar surface area (TPSA) is 52.1 Å². The van der Waals surface area contributed by atoms with E-state index < -0.39 is 0 Å². The van der Waals surface area contributed by atoms with Crippen LogP contribution in [0.15, 0.2) is 47.6 Å². The number of hydrogen-bond donors (Lipinski definition) is 1. The maximum Gasteiger partial charge on any atom is 0.161 e. The van der Waals surface area contributed by atoms with Gasteiger partial charge in [0.1, 0.15) is 5.75 Å². The van der Waals surface area contributed by atoms with E-state index in [0.717, 1.165) is 22.6 Å². The molecule has 0 amide bonds. The zero-order valence-corrected chi connectivity index (χ0v) is 13.7. The standard InChI is InChI=1S/C18H22N2O3/c1-4-23-17-10-9-14(11-18(17)22-3)12-19-20-13-15-7-5-6-8-16(15)21-2/h5-12,20H,4,13H2,1-3H3/b19-12-. The van der Waals surface area contributed by atoms with E-state index >= 15 is 0 Å². The van der Waals surface area contributed by atoms with Crippen molar-refractivity contribution in [1.82, 2.24) is 5.43 Å². The second-order valence-corrected chi connectivity index (χ2v) is 4.75. The normalized spacial score (nSPS) is 10.6. The van der Waals surface area contributed by atoms with E-state index in [1.165, 1.54) is 0 Å². The molecule has 2 aromatic rings. The molecule has 0 aromatic heterocycles. The highest BCUT2D eigenvalue weighted by Gasteiger charge is 2.04. The number of benzene rings is 2. The summed E-state index contributed by atoms with van der Waals surface area (Å²) in [6.45, 7) is 3.13. The lowest BCUT2D eigenvalue weighted by Gasteiger charge is -2.09. The molecule has 0 aliphatic rings. The van der Waals surface area contributed by atoms with Gasteiger partial charge in [-0.3, -0.25) is 0 Å². The second kappa shape index (κ2) is 8.68. The monoisotopic (exact) mass is 314 g/mol. The molecular formula is C18H22N2O3. The predicted molar refractivity (Wildman–Crippen MR) is 91.6 cm³/mol. The largest absolute Gasteiger partial charge is 0.496 e. The predicted octanol–water partition coefficient (Wildman–Crippen LogP) is 3.23. The van der Waals surface area contributed by atoms with Crippen LogP contribution in [-0.4, -0.2) is 27.0 Å². The van der Waals surface area contributed by atoms with Crippen LogP contribution >= 0.6 is 0 Å². The highest BCUT2D eigenvalue weighted by atomic mass is 16.5. The Hall–Kier alpha value is -2.69. The highest BCUT2D eigenvalue weighted by Crippen LogP contribution is 2.27. The van der Waals surface area contributed by atoms with E-state index in [4.69, 9.17) is 14.2 Å². The van der Waals surface area contributed by atoms with Gasteiger partial charge in [-0.15, -0.1) is 0 Å². The summed E-state index contributed by atoms with van der Waals surface area (Å²) in [4.78, 5) is 0. The fraction of sp³-hybridized carbons (Fsp3) is 0.278. The quantitative estimate of drug-likeness (QED) is 0.600. The van der Waals surface area contributed by atoms with Crippen molar-refractivity contribution in [3.05, 3.63) is 53.6 Å². The minimum absolute atomic E-state index is 0.592. The lowest BCUT2D eigenvalue weighted by molar-refractivity contribution is 0.311. The Labute approximate surface area is 136 Å². The van der Waals surface area contributed by atoms with Gasteiger partial charge in [-0.1, -0.05) is 18.2 Å². The average molecular weight is 314 g/mol. The minimum Gasteiger partial charge on any atom is -0.496 e. The van der Waals surface area contributed by atoms with Crippen molar-refractivity contribution in [1.29, 1.82) is 0 Å². The second-order valence-electron chi connectivity index (χ2n) is 4.75. The molecule has 23 heavy (non-hydrogen) atoms.